The number of nitrogens with zero attached hydrogens (tertiary/aromatic N) is 1. The van der Waals surface area contributed by atoms with Crippen molar-refractivity contribution in [2.75, 3.05) is 19.7 Å². The maximum absolute atomic E-state index is 12.3. The van der Waals surface area contributed by atoms with E-state index in [1.165, 1.54) is 0 Å². The zero-order valence-corrected chi connectivity index (χ0v) is 10.9. The lowest BCUT2D eigenvalue weighted by atomic mass is 9.85. The molecule has 100 valence electrons. The summed E-state index contributed by atoms with van der Waals surface area (Å²) in [6.07, 6.45) is 5.82. The summed E-state index contributed by atoms with van der Waals surface area (Å²) in [5, 5.41) is 9.01. The minimum absolute atomic E-state index is 0.0572. The fourth-order valence-electron chi connectivity index (χ4n) is 2.43. The number of carbonyl (C=O) groups is 1. The SMILES string of the molecule is CCCCN(CCO)C(=O)C1CCC(N)CC1. The highest BCUT2D eigenvalue weighted by atomic mass is 16.3. The van der Waals surface area contributed by atoms with E-state index >= 15 is 0 Å². The first-order chi connectivity index (χ1) is 8.19. The van der Waals surface area contributed by atoms with E-state index in [1.807, 2.05) is 4.90 Å². The molecule has 3 N–H and O–H groups in total. The first-order valence-corrected chi connectivity index (χ1v) is 6.84. The smallest absolute Gasteiger partial charge is 0.225 e. The van der Waals surface area contributed by atoms with Crippen LogP contribution in [0.15, 0.2) is 0 Å². The van der Waals surface area contributed by atoms with Crippen LogP contribution in [0.1, 0.15) is 45.4 Å². The van der Waals surface area contributed by atoms with Gasteiger partial charge in [0.15, 0.2) is 0 Å². The van der Waals surface area contributed by atoms with E-state index in [1.54, 1.807) is 0 Å². The lowest BCUT2D eigenvalue weighted by Gasteiger charge is -2.30. The van der Waals surface area contributed by atoms with Crippen molar-refractivity contribution in [3.63, 3.8) is 0 Å². The van der Waals surface area contributed by atoms with Crippen LogP contribution in [0.5, 0.6) is 0 Å². The Labute approximate surface area is 104 Å². The fraction of sp³-hybridized carbons (Fsp3) is 0.923. The van der Waals surface area contributed by atoms with Crippen LogP contribution in [0.25, 0.3) is 0 Å². The van der Waals surface area contributed by atoms with Gasteiger partial charge < -0.3 is 15.7 Å². The maximum Gasteiger partial charge on any atom is 0.225 e. The predicted octanol–water partition coefficient (Wildman–Crippen LogP) is 1.12. The Bertz CT molecular complexity index is 225. The average Bonchev–Trinajstić information content (AvgIpc) is 2.34. The Balaban J connectivity index is 2.45. The standard InChI is InChI=1S/C13H26N2O2/c1-2-3-8-15(9-10-16)13(17)11-4-6-12(14)7-5-11/h11-12,16H,2-10,14H2,1H3. The summed E-state index contributed by atoms with van der Waals surface area (Å²) in [4.78, 5) is 14.1. The Morgan fingerprint density at radius 1 is 1.29 bits per heavy atom. The van der Waals surface area contributed by atoms with Crippen LogP contribution in [0.3, 0.4) is 0 Å². The van der Waals surface area contributed by atoms with Crippen LogP contribution in [-0.2, 0) is 4.79 Å². The molecular formula is C13H26N2O2. The van der Waals surface area contributed by atoms with E-state index in [0.29, 0.717) is 6.54 Å². The van der Waals surface area contributed by atoms with Gasteiger partial charge in [-0.3, -0.25) is 4.79 Å². The van der Waals surface area contributed by atoms with E-state index in [2.05, 4.69) is 6.92 Å². The normalized spacial score (nSPS) is 24.6. The third-order valence-electron chi connectivity index (χ3n) is 3.58. The van der Waals surface area contributed by atoms with Gasteiger partial charge in [0.2, 0.25) is 5.91 Å². The summed E-state index contributed by atoms with van der Waals surface area (Å²) in [7, 11) is 0. The van der Waals surface area contributed by atoms with Crippen molar-refractivity contribution in [2.45, 2.75) is 51.5 Å². The third kappa shape index (κ3) is 4.64. The second-order valence-electron chi connectivity index (χ2n) is 5.01. The average molecular weight is 242 g/mol. The molecule has 1 fully saturated rings. The van der Waals surface area contributed by atoms with Gasteiger partial charge in [0, 0.05) is 25.0 Å². The van der Waals surface area contributed by atoms with Gasteiger partial charge in [0.05, 0.1) is 6.61 Å². The number of aliphatic hydroxyl groups is 1. The highest BCUT2D eigenvalue weighted by molar-refractivity contribution is 5.78. The van der Waals surface area contributed by atoms with Crippen LogP contribution >= 0.6 is 0 Å². The Hall–Kier alpha value is -0.610. The molecule has 1 aliphatic carbocycles. The minimum Gasteiger partial charge on any atom is -0.395 e. The summed E-state index contributed by atoms with van der Waals surface area (Å²) in [5.74, 6) is 0.359. The van der Waals surface area contributed by atoms with Gasteiger partial charge in [0.1, 0.15) is 0 Å². The van der Waals surface area contributed by atoms with Gasteiger partial charge in [0.25, 0.3) is 0 Å². The van der Waals surface area contributed by atoms with Crippen molar-refractivity contribution in [1.29, 1.82) is 0 Å². The molecular weight excluding hydrogens is 216 g/mol. The summed E-state index contributed by atoms with van der Waals surface area (Å²) in [5.41, 5.74) is 5.85. The number of carbonyl (C=O) groups excluding carboxylic acids is 1. The van der Waals surface area contributed by atoms with Crippen LogP contribution in [0.4, 0.5) is 0 Å². The quantitative estimate of drug-likeness (QED) is 0.733. The summed E-state index contributed by atoms with van der Waals surface area (Å²) < 4.78 is 0. The number of hydrogen-bond acceptors (Lipinski definition) is 3. The van der Waals surface area contributed by atoms with Crippen molar-refractivity contribution in [2.24, 2.45) is 11.7 Å². The number of hydrogen-bond donors (Lipinski definition) is 2. The highest BCUT2D eigenvalue weighted by Gasteiger charge is 2.27. The summed E-state index contributed by atoms with van der Waals surface area (Å²) in [6.45, 7) is 3.42. The van der Waals surface area contributed by atoms with E-state index in [-0.39, 0.29) is 24.5 Å². The molecule has 0 radical (unpaired) electrons. The van der Waals surface area contributed by atoms with Gasteiger partial charge in [-0.2, -0.15) is 0 Å². The molecule has 17 heavy (non-hydrogen) atoms. The van der Waals surface area contributed by atoms with E-state index in [9.17, 15) is 4.79 Å². The number of rotatable bonds is 6. The van der Waals surface area contributed by atoms with Crippen molar-refractivity contribution < 1.29 is 9.90 Å². The number of aliphatic hydroxyl groups excluding tert-OH is 1. The van der Waals surface area contributed by atoms with Gasteiger partial charge in [-0.15, -0.1) is 0 Å². The van der Waals surface area contributed by atoms with E-state index in [0.717, 1.165) is 45.1 Å². The van der Waals surface area contributed by atoms with Crippen LogP contribution in [0, 0.1) is 5.92 Å². The molecule has 4 nitrogen and oxygen atoms in total. The molecule has 0 bridgehead atoms. The zero-order valence-electron chi connectivity index (χ0n) is 10.9. The lowest BCUT2D eigenvalue weighted by Crippen LogP contribution is -2.41. The molecule has 0 atom stereocenters. The molecule has 4 heteroatoms. The molecule has 1 rings (SSSR count). The van der Waals surface area contributed by atoms with Gasteiger partial charge >= 0.3 is 0 Å². The minimum atomic E-state index is 0.0572. The fourth-order valence-corrected chi connectivity index (χ4v) is 2.43. The Morgan fingerprint density at radius 3 is 2.47 bits per heavy atom. The third-order valence-corrected chi connectivity index (χ3v) is 3.58. The maximum atomic E-state index is 12.3. The molecule has 0 aromatic rings. The molecule has 0 saturated heterocycles. The van der Waals surface area contributed by atoms with Crippen molar-refractivity contribution in [3.05, 3.63) is 0 Å². The van der Waals surface area contributed by atoms with E-state index < -0.39 is 0 Å². The van der Waals surface area contributed by atoms with Crippen LogP contribution < -0.4 is 5.73 Å². The van der Waals surface area contributed by atoms with Crippen LogP contribution in [-0.4, -0.2) is 41.7 Å². The van der Waals surface area contributed by atoms with Crippen molar-refractivity contribution in [1.82, 2.24) is 4.90 Å². The molecule has 0 aromatic heterocycles. The predicted molar refractivity (Wildman–Crippen MR) is 68.5 cm³/mol. The summed E-state index contributed by atoms with van der Waals surface area (Å²) >= 11 is 0. The number of amides is 1. The number of unbranched alkanes of at least 4 members (excludes halogenated alkanes) is 1. The molecule has 0 spiro atoms. The molecule has 0 unspecified atom stereocenters. The molecule has 0 heterocycles. The Morgan fingerprint density at radius 2 is 1.94 bits per heavy atom. The molecule has 0 aliphatic heterocycles. The number of nitrogens with two attached hydrogens (primary N) is 1. The van der Waals surface area contributed by atoms with Crippen LogP contribution in [0.2, 0.25) is 0 Å². The topological polar surface area (TPSA) is 66.6 Å². The Kier molecular flexibility index (Phi) is 6.52. The largest absolute Gasteiger partial charge is 0.395 e. The van der Waals surface area contributed by atoms with Gasteiger partial charge in [-0.1, -0.05) is 13.3 Å². The zero-order chi connectivity index (χ0) is 12.7. The monoisotopic (exact) mass is 242 g/mol. The van der Waals surface area contributed by atoms with Gasteiger partial charge in [-0.05, 0) is 32.1 Å². The second kappa shape index (κ2) is 7.67. The van der Waals surface area contributed by atoms with Crippen molar-refractivity contribution >= 4 is 5.91 Å². The highest BCUT2D eigenvalue weighted by Crippen LogP contribution is 2.25. The molecule has 0 aromatic carbocycles. The van der Waals surface area contributed by atoms with E-state index in [4.69, 9.17) is 10.8 Å². The molecule has 1 amide bonds. The van der Waals surface area contributed by atoms with Crippen molar-refractivity contribution in [3.8, 4) is 0 Å². The molecule has 1 saturated carbocycles. The molecule has 1 aliphatic rings. The second-order valence-corrected chi connectivity index (χ2v) is 5.01. The first kappa shape index (κ1) is 14.5. The summed E-state index contributed by atoms with van der Waals surface area (Å²) in [6, 6.07) is 0.279. The van der Waals surface area contributed by atoms with Gasteiger partial charge in [-0.25, -0.2) is 0 Å². The first-order valence-electron chi connectivity index (χ1n) is 6.84. The lowest BCUT2D eigenvalue weighted by molar-refractivity contribution is -0.137.